The number of rotatable bonds is 6. The Bertz CT molecular complexity index is 572. The maximum atomic E-state index is 5.96. The van der Waals surface area contributed by atoms with Gasteiger partial charge < -0.3 is 4.42 Å². The van der Waals surface area contributed by atoms with Crippen LogP contribution >= 0.6 is 15.9 Å². The van der Waals surface area contributed by atoms with Gasteiger partial charge in [0.2, 0.25) is 0 Å². The summed E-state index contributed by atoms with van der Waals surface area (Å²) < 4.78 is 5.96. The smallest absolute Gasteiger partial charge is 0.122 e. The summed E-state index contributed by atoms with van der Waals surface area (Å²) in [5.41, 5.74) is 5.69. The average molecular weight is 349 g/mol. The molecule has 1 aromatic carbocycles. The van der Waals surface area contributed by atoms with Crippen LogP contribution in [0.4, 0.5) is 0 Å². The van der Waals surface area contributed by atoms with Crippen molar-refractivity contribution in [3.63, 3.8) is 0 Å². The van der Waals surface area contributed by atoms with Gasteiger partial charge in [-0.2, -0.15) is 0 Å². The van der Waals surface area contributed by atoms with Crippen molar-refractivity contribution in [2.24, 2.45) is 0 Å². The SMILES string of the molecule is CCc1cc(CC)c(C(Br)c2ccc(CC)o2)c(CC)c1. The van der Waals surface area contributed by atoms with Crippen LogP contribution in [0.25, 0.3) is 0 Å². The van der Waals surface area contributed by atoms with E-state index in [-0.39, 0.29) is 4.83 Å². The van der Waals surface area contributed by atoms with Crippen molar-refractivity contribution in [1.82, 2.24) is 0 Å². The fourth-order valence-corrected chi connectivity index (χ4v) is 3.66. The Labute approximate surface area is 136 Å². The highest BCUT2D eigenvalue weighted by atomic mass is 79.9. The van der Waals surface area contributed by atoms with Crippen LogP contribution in [0.3, 0.4) is 0 Å². The number of hydrogen-bond donors (Lipinski definition) is 0. The first-order valence-electron chi connectivity index (χ1n) is 8.01. The molecule has 0 aliphatic rings. The van der Waals surface area contributed by atoms with Crippen LogP contribution in [0.1, 0.15) is 66.3 Å². The van der Waals surface area contributed by atoms with E-state index in [1.54, 1.807) is 0 Å². The summed E-state index contributed by atoms with van der Waals surface area (Å²) in [4.78, 5) is 0.147. The zero-order chi connectivity index (χ0) is 15.4. The van der Waals surface area contributed by atoms with Gasteiger partial charge in [0, 0.05) is 6.42 Å². The van der Waals surface area contributed by atoms with Crippen LogP contribution in [0, 0.1) is 0 Å². The second-order valence-corrected chi connectivity index (χ2v) is 6.32. The minimum atomic E-state index is 0.147. The molecule has 2 rings (SSSR count). The zero-order valence-corrected chi connectivity index (χ0v) is 15.1. The second-order valence-electron chi connectivity index (χ2n) is 5.41. The van der Waals surface area contributed by atoms with E-state index in [9.17, 15) is 0 Å². The van der Waals surface area contributed by atoms with Crippen LogP contribution < -0.4 is 0 Å². The van der Waals surface area contributed by atoms with E-state index in [1.165, 1.54) is 22.3 Å². The van der Waals surface area contributed by atoms with Crippen LogP contribution in [0.2, 0.25) is 0 Å². The van der Waals surface area contributed by atoms with Crippen molar-refractivity contribution in [3.05, 3.63) is 58.0 Å². The van der Waals surface area contributed by atoms with Crippen molar-refractivity contribution in [2.45, 2.75) is 58.2 Å². The minimum absolute atomic E-state index is 0.147. The predicted octanol–water partition coefficient (Wildman–Crippen LogP) is 6.01. The van der Waals surface area contributed by atoms with E-state index < -0.39 is 0 Å². The lowest BCUT2D eigenvalue weighted by molar-refractivity contribution is 0.476. The first-order valence-corrected chi connectivity index (χ1v) is 8.93. The Kier molecular flexibility index (Phi) is 5.69. The Morgan fingerprint density at radius 1 is 0.905 bits per heavy atom. The molecule has 1 unspecified atom stereocenters. The van der Waals surface area contributed by atoms with Crippen LogP contribution in [-0.4, -0.2) is 0 Å². The van der Waals surface area contributed by atoms with E-state index in [1.807, 2.05) is 0 Å². The lowest BCUT2D eigenvalue weighted by Gasteiger charge is -2.19. The van der Waals surface area contributed by atoms with Gasteiger partial charge in [-0.3, -0.25) is 0 Å². The van der Waals surface area contributed by atoms with Gasteiger partial charge in [-0.15, -0.1) is 0 Å². The van der Waals surface area contributed by atoms with Gasteiger partial charge in [-0.1, -0.05) is 55.8 Å². The molecule has 0 amide bonds. The van der Waals surface area contributed by atoms with E-state index in [0.717, 1.165) is 37.2 Å². The molecule has 0 aliphatic heterocycles. The summed E-state index contributed by atoms with van der Waals surface area (Å²) in [5, 5.41) is 0. The molecule has 0 saturated carbocycles. The molecule has 1 nitrogen and oxygen atoms in total. The van der Waals surface area contributed by atoms with Crippen LogP contribution in [-0.2, 0) is 25.7 Å². The second kappa shape index (κ2) is 7.31. The first kappa shape index (κ1) is 16.4. The molecule has 0 fully saturated rings. The molecule has 0 N–H and O–H groups in total. The monoisotopic (exact) mass is 348 g/mol. The van der Waals surface area contributed by atoms with Gasteiger partial charge in [0.15, 0.2) is 0 Å². The predicted molar refractivity (Wildman–Crippen MR) is 93.4 cm³/mol. The highest BCUT2D eigenvalue weighted by Crippen LogP contribution is 2.37. The number of furan rings is 1. The molecule has 0 bridgehead atoms. The van der Waals surface area contributed by atoms with Gasteiger partial charge in [0.25, 0.3) is 0 Å². The number of aryl methyl sites for hydroxylation is 4. The number of halogens is 1. The molecule has 2 aromatic rings. The lowest BCUT2D eigenvalue weighted by atomic mass is 9.91. The van der Waals surface area contributed by atoms with Gasteiger partial charge in [-0.05, 0) is 53.6 Å². The minimum Gasteiger partial charge on any atom is -0.465 e. The highest BCUT2D eigenvalue weighted by Gasteiger charge is 2.21. The molecule has 1 atom stereocenters. The van der Waals surface area contributed by atoms with E-state index in [4.69, 9.17) is 4.42 Å². The molecule has 114 valence electrons. The maximum absolute atomic E-state index is 5.96. The third kappa shape index (κ3) is 3.42. The van der Waals surface area contributed by atoms with Crippen molar-refractivity contribution in [3.8, 4) is 0 Å². The number of benzene rings is 1. The molecule has 0 radical (unpaired) electrons. The third-order valence-electron chi connectivity index (χ3n) is 4.12. The van der Waals surface area contributed by atoms with Gasteiger partial charge >= 0.3 is 0 Å². The van der Waals surface area contributed by atoms with Crippen molar-refractivity contribution in [2.75, 3.05) is 0 Å². The Balaban J connectivity index is 2.50. The molecule has 0 saturated heterocycles. The quantitative estimate of drug-likeness (QED) is 0.582. The molecular formula is C19H25BrO. The van der Waals surface area contributed by atoms with Crippen LogP contribution in [0.5, 0.6) is 0 Å². The maximum Gasteiger partial charge on any atom is 0.122 e. The summed E-state index contributed by atoms with van der Waals surface area (Å²) in [5.74, 6) is 2.07. The summed E-state index contributed by atoms with van der Waals surface area (Å²) in [7, 11) is 0. The van der Waals surface area contributed by atoms with Crippen molar-refractivity contribution in [1.29, 1.82) is 0 Å². The summed E-state index contributed by atoms with van der Waals surface area (Å²) >= 11 is 3.87. The number of alkyl halides is 1. The fraction of sp³-hybridized carbons (Fsp3) is 0.474. The molecule has 0 spiro atoms. The lowest BCUT2D eigenvalue weighted by Crippen LogP contribution is -2.04. The van der Waals surface area contributed by atoms with E-state index in [0.29, 0.717) is 0 Å². The van der Waals surface area contributed by atoms with E-state index in [2.05, 4.69) is 67.9 Å². The molecule has 1 aromatic heterocycles. The third-order valence-corrected chi connectivity index (χ3v) is 5.02. The van der Waals surface area contributed by atoms with Gasteiger partial charge in [0.1, 0.15) is 11.5 Å². The van der Waals surface area contributed by atoms with E-state index >= 15 is 0 Å². The highest BCUT2D eigenvalue weighted by molar-refractivity contribution is 9.09. The first-order chi connectivity index (χ1) is 10.1. The Morgan fingerprint density at radius 2 is 1.52 bits per heavy atom. The van der Waals surface area contributed by atoms with Crippen molar-refractivity contribution < 1.29 is 4.42 Å². The van der Waals surface area contributed by atoms with Crippen molar-refractivity contribution >= 4 is 15.9 Å². The fourth-order valence-electron chi connectivity index (χ4n) is 2.83. The largest absolute Gasteiger partial charge is 0.465 e. The molecule has 2 heteroatoms. The summed E-state index contributed by atoms with van der Waals surface area (Å²) in [6, 6.07) is 8.89. The average Bonchev–Trinajstić information content (AvgIpc) is 3.01. The van der Waals surface area contributed by atoms with Crippen LogP contribution in [0.15, 0.2) is 28.7 Å². The molecule has 21 heavy (non-hydrogen) atoms. The topological polar surface area (TPSA) is 13.1 Å². The number of hydrogen-bond acceptors (Lipinski definition) is 1. The Morgan fingerprint density at radius 3 is 1.95 bits per heavy atom. The molecule has 0 aliphatic carbocycles. The normalized spacial score (nSPS) is 12.6. The Hall–Kier alpha value is -1.02. The summed E-state index contributed by atoms with van der Waals surface area (Å²) in [6.07, 6.45) is 4.14. The zero-order valence-electron chi connectivity index (χ0n) is 13.5. The van der Waals surface area contributed by atoms with Gasteiger partial charge in [0.05, 0.1) is 4.83 Å². The molecular weight excluding hydrogens is 324 g/mol. The summed E-state index contributed by atoms with van der Waals surface area (Å²) in [6.45, 7) is 8.81. The molecule has 1 heterocycles. The standard InChI is InChI=1S/C19H25BrO/c1-5-13-11-14(6-2)18(15(7-3)12-13)19(20)17-10-9-16(8-4)21-17/h9-12,19H,5-8H2,1-4H3. The van der Waals surface area contributed by atoms with Gasteiger partial charge in [-0.25, -0.2) is 0 Å².